The summed E-state index contributed by atoms with van der Waals surface area (Å²) in [6.07, 6.45) is 0. The van der Waals surface area contributed by atoms with E-state index in [-0.39, 0.29) is 25.4 Å². The summed E-state index contributed by atoms with van der Waals surface area (Å²) in [5.74, 6) is -0.542. The molecule has 1 aliphatic rings. The number of nitrogens with one attached hydrogen (secondary N) is 1. The molecule has 0 radical (unpaired) electrons. The molecule has 0 spiro atoms. The van der Waals surface area contributed by atoms with Crippen LogP contribution in [0.3, 0.4) is 0 Å². The molecule has 2 aromatic rings. The molecule has 0 unspecified atom stereocenters. The SMILES string of the molecule is CCS(=O)(=O)N1CC(=O)N(c2cccc(OC)c2)[C@@](C)(C(=O)NCc2ccccc2)C1. The Bertz CT molecular complexity index is 1060. The molecule has 0 aromatic heterocycles. The molecule has 9 heteroatoms. The number of carbonyl (C=O) groups excluding carboxylic acids is 2. The molecule has 166 valence electrons. The molecule has 0 saturated carbocycles. The van der Waals surface area contributed by atoms with Gasteiger partial charge < -0.3 is 10.1 Å². The van der Waals surface area contributed by atoms with E-state index >= 15 is 0 Å². The molecular weight excluding hydrogens is 418 g/mol. The van der Waals surface area contributed by atoms with Crippen molar-refractivity contribution >= 4 is 27.5 Å². The van der Waals surface area contributed by atoms with Gasteiger partial charge in [0.15, 0.2) is 0 Å². The van der Waals surface area contributed by atoms with Crippen LogP contribution in [-0.2, 0) is 26.2 Å². The first-order valence-electron chi connectivity index (χ1n) is 9.98. The summed E-state index contributed by atoms with van der Waals surface area (Å²) in [5.41, 5.74) is -0.0820. The number of sulfonamides is 1. The molecule has 8 nitrogen and oxygen atoms in total. The predicted octanol–water partition coefficient (Wildman–Crippen LogP) is 1.77. The molecule has 1 heterocycles. The van der Waals surface area contributed by atoms with Gasteiger partial charge in [-0.2, -0.15) is 4.31 Å². The summed E-state index contributed by atoms with van der Waals surface area (Å²) < 4.78 is 31.4. The van der Waals surface area contributed by atoms with Crippen molar-refractivity contribution in [3.8, 4) is 5.75 Å². The standard InChI is InChI=1S/C22H27N3O5S/c1-4-31(28,29)24-15-20(26)25(18-11-8-12-19(13-18)30-3)22(2,16-24)21(27)23-14-17-9-6-5-7-10-17/h5-13H,4,14-16H2,1-3H3,(H,23,27)/t22-/m1/s1. The average Bonchev–Trinajstić information content (AvgIpc) is 2.77. The molecule has 1 fully saturated rings. The van der Waals surface area contributed by atoms with Crippen molar-refractivity contribution in [3.63, 3.8) is 0 Å². The van der Waals surface area contributed by atoms with Gasteiger partial charge in [0.2, 0.25) is 21.8 Å². The summed E-state index contributed by atoms with van der Waals surface area (Å²) in [4.78, 5) is 27.9. The molecule has 0 aliphatic carbocycles. The molecule has 1 N–H and O–H groups in total. The molecule has 1 saturated heterocycles. The van der Waals surface area contributed by atoms with Crippen LogP contribution in [0.1, 0.15) is 19.4 Å². The topological polar surface area (TPSA) is 96.0 Å². The van der Waals surface area contributed by atoms with Gasteiger partial charge in [-0.05, 0) is 31.5 Å². The highest BCUT2D eigenvalue weighted by Crippen LogP contribution is 2.32. The number of piperazine rings is 1. The highest BCUT2D eigenvalue weighted by molar-refractivity contribution is 7.89. The van der Waals surface area contributed by atoms with E-state index in [9.17, 15) is 18.0 Å². The van der Waals surface area contributed by atoms with E-state index in [1.165, 1.54) is 18.9 Å². The van der Waals surface area contributed by atoms with Crippen molar-refractivity contribution in [3.05, 3.63) is 60.2 Å². The van der Waals surface area contributed by atoms with Gasteiger partial charge in [0.1, 0.15) is 11.3 Å². The molecule has 3 rings (SSSR count). The first kappa shape index (κ1) is 22.8. The second kappa shape index (κ2) is 9.07. The van der Waals surface area contributed by atoms with Crippen LogP contribution in [0, 0.1) is 0 Å². The zero-order chi connectivity index (χ0) is 22.6. The summed E-state index contributed by atoms with van der Waals surface area (Å²) in [6.45, 7) is 2.89. The van der Waals surface area contributed by atoms with Crippen LogP contribution < -0.4 is 15.0 Å². The molecule has 1 atom stereocenters. The zero-order valence-corrected chi connectivity index (χ0v) is 18.7. The maximum absolute atomic E-state index is 13.4. The largest absolute Gasteiger partial charge is 0.497 e. The normalized spacial score (nSPS) is 19.8. The van der Waals surface area contributed by atoms with E-state index in [1.807, 2.05) is 30.3 Å². The average molecular weight is 446 g/mol. The van der Waals surface area contributed by atoms with E-state index < -0.39 is 27.4 Å². The lowest BCUT2D eigenvalue weighted by atomic mass is 9.94. The van der Waals surface area contributed by atoms with Gasteiger partial charge in [-0.25, -0.2) is 8.42 Å². The van der Waals surface area contributed by atoms with Gasteiger partial charge >= 0.3 is 0 Å². The number of nitrogens with zero attached hydrogens (tertiary/aromatic N) is 2. The minimum atomic E-state index is -3.66. The number of methoxy groups -OCH3 is 1. The molecule has 31 heavy (non-hydrogen) atoms. The van der Waals surface area contributed by atoms with E-state index in [4.69, 9.17) is 4.74 Å². The monoisotopic (exact) mass is 445 g/mol. The van der Waals surface area contributed by atoms with E-state index in [0.29, 0.717) is 11.4 Å². The Kier molecular flexibility index (Phi) is 6.66. The van der Waals surface area contributed by atoms with Crippen molar-refractivity contribution in [2.24, 2.45) is 0 Å². The number of ether oxygens (including phenoxy) is 1. The number of carbonyl (C=O) groups is 2. The van der Waals surface area contributed by atoms with Crippen LogP contribution in [0.2, 0.25) is 0 Å². The van der Waals surface area contributed by atoms with Crippen LogP contribution in [-0.4, -0.2) is 56.0 Å². The Morgan fingerprint density at radius 3 is 2.52 bits per heavy atom. The van der Waals surface area contributed by atoms with Gasteiger partial charge in [0.25, 0.3) is 0 Å². The van der Waals surface area contributed by atoms with Crippen LogP contribution in [0.4, 0.5) is 5.69 Å². The van der Waals surface area contributed by atoms with Crippen LogP contribution in [0.25, 0.3) is 0 Å². The number of anilines is 1. The molecule has 2 aromatic carbocycles. The third-order valence-corrected chi connectivity index (χ3v) is 7.17. The second-order valence-corrected chi connectivity index (χ2v) is 9.80. The third-order valence-electron chi connectivity index (χ3n) is 5.39. The summed E-state index contributed by atoms with van der Waals surface area (Å²) in [7, 11) is -2.15. The minimum Gasteiger partial charge on any atom is -0.497 e. The van der Waals surface area contributed by atoms with Crippen molar-refractivity contribution in [2.75, 3.05) is 30.9 Å². The van der Waals surface area contributed by atoms with Crippen molar-refractivity contribution in [1.82, 2.24) is 9.62 Å². The zero-order valence-electron chi connectivity index (χ0n) is 17.9. The fourth-order valence-corrected chi connectivity index (χ4v) is 4.79. The summed E-state index contributed by atoms with van der Waals surface area (Å²) in [5, 5.41) is 2.86. The minimum absolute atomic E-state index is 0.146. The lowest BCUT2D eigenvalue weighted by Crippen LogP contribution is -2.70. The first-order chi connectivity index (χ1) is 14.7. The smallest absolute Gasteiger partial charge is 0.247 e. The number of amides is 2. The maximum Gasteiger partial charge on any atom is 0.247 e. The van der Waals surface area contributed by atoms with Crippen molar-refractivity contribution in [1.29, 1.82) is 0 Å². The van der Waals surface area contributed by atoms with Crippen molar-refractivity contribution < 1.29 is 22.7 Å². The fourth-order valence-electron chi connectivity index (χ4n) is 3.67. The molecule has 1 aliphatic heterocycles. The number of benzene rings is 2. The van der Waals surface area contributed by atoms with Crippen LogP contribution in [0.15, 0.2) is 54.6 Å². The lowest BCUT2D eigenvalue weighted by molar-refractivity contribution is -0.133. The van der Waals surface area contributed by atoms with E-state index in [2.05, 4.69) is 5.32 Å². The molecular formula is C22H27N3O5S. The van der Waals surface area contributed by atoms with Gasteiger partial charge in [0.05, 0.1) is 19.4 Å². The van der Waals surface area contributed by atoms with E-state index in [1.54, 1.807) is 31.2 Å². The highest BCUT2D eigenvalue weighted by atomic mass is 32.2. The molecule has 2 amide bonds. The van der Waals surface area contributed by atoms with Crippen LogP contribution >= 0.6 is 0 Å². The Morgan fingerprint density at radius 2 is 1.87 bits per heavy atom. The number of hydrogen-bond acceptors (Lipinski definition) is 5. The Balaban J connectivity index is 1.98. The van der Waals surface area contributed by atoms with E-state index in [0.717, 1.165) is 9.87 Å². The first-order valence-corrected chi connectivity index (χ1v) is 11.6. The molecule has 0 bridgehead atoms. The van der Waals surface area contributed by atoms with Gasteiger partial charge in [0, 0.05) is 24.8 Å². The Hall–Kier alpha value is -2.91. The fraction of sp³-hybridized carbons (Fsp3) is 0.364. The summed E-state index contributed by atoms with van der Waals surface area (Å²) in [6, 6.07) is 16.2. The number of hydrogen-bond donors (Lipinski definition) is 1. The van der Waals surface area contributed by atoms with Gasteiger partial charge in [-0.1, -0.05) is 36.4 Å². The Labute approximate surface area is 182 Å². The maximum atomic E-state index is 13.4. The number of rotatable bonds is 7. The van der Waals surface area contributed by atoms with Crippen LogP contribution in [0.5, 0.6) is 5.75 Å². The quantitative estimate of drug-likeness (QED) is 0.701. The van der Waals surface area contributed by atoms with Crippen molar-refractivity contribution in [2.45, 2.75) is 25.9 Å². The van der Waals surface area contributed by atoms with Gasteiger partial charge in [-0.3, -0.25) is 14.5 Å². The highest BCUT2D eigenvalue weighted by Gasteiger charge is 2.50. The van der Waals surface area contributed by atoms with Gasteiger partial charge in [-0.15, -0.1) is 0 Å². The Morgan fingerprint density at radius 1 is 1.16 bits per heavy atom. The summed E-state index contributed by atoms with van der Waals surface area (Å²) >= 11 is 0. The lowest BCUT2D eigenvalue weighted by Gasteiger charge is -2.46. The predicted molar refractivity (Wildman–Crippen MR) is 118 cm³/mol. The third kappa shape index (κ3) is 4.72. The second-order valence-electron chi connectivity index (χ2n) is 7.54.